The molecule has 3 unspecified atom stereocenters. The zero-order valence-corrected chi connectivity index (χ0v) is 24.5. The molecular weight excluding hydrogens is 581 g/mol. The number of nitrogens with two attached hydrogens (primary N) is 3. The number of urea groups is 1. The van der Waals surface area contributed by atoms with Gasteiger partial charge in [0.05, 0.1) is 18.1 Å². The number of nitrogens with one attached hydrogen (secondary N) is 4. The fraction of sp³-hybridized carbons (Fsp3) is 0.773. The topological polar surface area (TPSA) is 260 Å². The van der Waals surface area contributed by atoms with Gasteiger partial charge in [0.1, 0.15) is 12.1 Å². The first-order valence-electron chi connectivity index (χ1n) is 13.0. The molecular formula is C22H38N10O5S3. The van der Waals surface area contributed by atoms with Gasteiger partial charge in [-0.25, -0.2) is 4.79 Å². The summed E-state index contributed by atoms with van der Waals surface area (Å²) >= 11 is 1.82. The van der Waals surface area contributed by atoms with Gasteiger partial charge in [0.2, 0.25) is 23.6 Å². The first kappa shape index (κ1) is 33.7. The van der Waals surface area contributed by atoms with Gasteiger partial charge in [-0.1, -0.05) is 39.5 Å². The van der Waals surface area contributed by atoms with Crippen LogP contribution in [0.4, 0.5) is 4.79 Å². The molecule has 0 aromatic rings. The summed E-state index contributed by atoms with van der Waals surface area (Å²) in [4.78, 5) is 62.5. The van der Waals surface area contributed by atoms with E-state index >= 15 is 0 Å². The predicted molar refractivity (Wildman–Crippen MR) is 157 cm³/mol. The molecule has 40 heavy (non-hydrogen) atoms. The number of fused-ring (bicyclic) bond motifs is 1. The second-order valence-electron chi connectivity index (χ2n) is 9.48. The Hall–Kier alpha value is -2.53. The minimum absolute atomic E-state index is 0.126. The van der Waals surface area contributed by atoms with E-state index in [0.29, 0.717) is 37.5 Å². The van der Waals surface area contributed by atoms with E-state index in [2.05, 4.69) is 31.3 Å². The molecule has 0 bridgehead atoms. The zero-order chi connectivity index (χ0) is 29.5. The molecule has 6 atom stereocenters. The van der Waals surface area contributed by atoms with Crippen LogP contribution < -0.4 is 38.5 Å². The monoisotopic (exact) mass is 618 g/mol. The molecule has 2 rings (SSSR count). The number of carbonyl (C=O) groups excluding carboxylic acids is 5. The molecule has 0 aromatic carbocycles. The van der Waals surface area contributed by atoms with Crippen molar-refractivity contribution in [2.75, 3.05) is 23.8 Å². The van der Waals surface area contributed by atoms with Gasteiger partial charge in [0, 0.05) is 40.4 Å². The van der Waals surface area contributed by atoms with E-state index in [-0.39, 0.29) is 41.9 Å². The smallest absolute Gasteiger partial charge is 0.315 e. The lowest BCUT2D eigenvalue weighted by Gasteiger charge is -2.19. The highest BCUT2D eigenvalue weighted by Crippen LogP contribution is 2.33. The van der Waals surface area contributed by atoms with E-state index < -0.39 is 35.8 Å². The third-order valence-corrected chi connectivity index (χ3v) is 10.3. The Morgan fingerprint density at radius 3 is 2.38 bits per heavy atom. The number of primary amides is 2. The van der Waals surface area contributed by atoms with Gasteiger partial charge in [0.15, 0.2) is 0 Å². The Labute approximate surface area is 244 Å². The number of carbonyl (C=O) groups is 5. The van der Waals surface area contributed by atoms with Crippen LogP contribution in [0.5, 0.6) is 0 Å². The standard InChI is InChI=1S/C22H38N10O5S3/c23-12(5-3-4-8-27-32-26)21(36)29-15(20(25)35)11-40-39-10-14(19(24)34)28-17(33)7-2-1-6-16-18-13(9-38-16)30-22(37)31-18/h12-16,18H,1-11,23H2,(H2,24,34)(H2,25,35)(H,28,33)(H,29,36)(H2,30,31,37)/t12?,13-,14?,15?,16-,18-/m0/s1. The quantitative estimate of drug-likeness (QED) is 0.0238. The molecule has 2 fully saturated rings. The van der Waals surface area contributed by atoms with E-state index in [1.54, 1.807) is 0 Å². The summed E-state index contributed by atoms with van der Waals surface area (Å²) in [6.45, 7) is 0.315. The summed E-state index contributed by atoms with van der Waals surface area (Å²) in [5.74, 6) is -1.02. The summed E-state index contributed by atoms with van der Waals surface area (Å²) < 4.78 is 0. The molecule has 0 radical (unpaired) electrons. The lowest BCUT2D eigenvalue weighted by Crippen LogP contribution is -2.51. The third-order valence-electron chi connectivity index (χ3n) is 6.40. The summed E-state index contributed by atoms with van der Waals surface area (Å²) in [6, 6.07) is -2.54. The fourth-order valence-corrected chi connectivity index (χ4v) is 8.06. The van der Waals surface area contributed by atoms with Gasteiger partial charge < -0.3 is 38.5 Å². The molecule has 0 saturated carbocycles. The van der Waals surface area contributed by atoms with Crippen LogP contribution in [0.3, 0.4) is 0 Å². The minimum atomic E-state index is -0.970. The number of rotatable bonds is 20. The Bertz CT molecular complexity index is 954. The van der Waals surface area contributed by atoms with Crippen molar-refractivity contribution in [2.24, 2.45) is 22.3 Å². The van der Waals surface area contributed by atoms with Crippen LogP contribution in [0.15, 0.2) is 5.11 Å². The van der Waals surface area contributed by atoms with E-state index in [9.17, 15) is 24.0 Å². The number of thioether (sulfide) groups is 1. The number of unbranched alkanes of at least 4 members (excludes halogenated alkanes) is 2. The summed E-state index contributed by atoms with van der Waals surface area (Å²) in [7, 11) is 2.42. The highest BCUT2D eigenvalue weighted by atomic mass is 33.1. The molecule has 224 valence electrons. The first-order valence-corrected chi connectivity index (χ1v) is 16.5. The number of nitrogens with zero attached hydrogens (tertiary/aromatic N) is 3. The van der Waals surface area contributed by atoms with Crippen molar-refractivity contribution < 1.29 is 24.0 Å². The molecule has 2 aliphatic rings. The van der Waals surface area contributed by atoms with Gasteiger partial charge in [-0.2, -0.15) is 11.8 Å². The van der Waals surface area contributed by atoms with Crippen LogP contribution in [-0.4, -0.2) is 88.9 Å². The lowest BCUT2D eigenvalue weighted by atomic mass is 10.0. The summed E-state index contributed by atoms with van der Waals surface area (Å²) in [6.07, 6.45) is 4.12. The number of azide groups is 1. The van der Waals surface area contributed by atoms with Gasteiger partial charge in [-0.3, -0.25) is 19.2 Å². The van der Waals surface area contributed by atoms with Crippen LogP contribution in [-0.2, 0) is 19.2 Å². The summed E-state index contributed by atoms with van der Waals surface area (Å²) in [5, 5.41) is 14.8. The normalized spacial score (nSPS) is 21.6. The van der Waals surface area contributed by atoms with E-state index in [1.165, 1.54) is 21.6 Å². The van der Waals surface area contributed by atoms with Crippen LogP contribution in [0.2, 0.25) is 0 Å². The predicted octanol–water partition coefficient (Wildman–Crippen LogP) is -0.158. The van der Waals surface area contributed by atoms with Crippen molar-refractivity contribution in [3.05, 3.63) is 10.4 Å². The van der Waals surface area contributed by atoms with Crippen molar-refractivity contribution in [1.29, 1.82) is 0 Å². The van der Waals surface area contributed by atoms with Crippen molar-refractivity contribution in [3.63, 3.8) is 0 Å². The molecule has 2 heterocycles. The van der Waals surface area contributed by atoms with Crippen LogP contribution in [0.25, 0.3) is 10.4 Å². The molecule has 18 heteroatoms. The Morgan fingerprint density at radius 1 is 1.05 bits per heavy atom. The molecule has 15 nitrogen and oxygen atoms in total. The van der Waals surface area contributed by atoms with Crippen molar-refractivity contribution in [3.8, 4) is 0 Å². The average Bonchev–Trinajstić information content (AvgIpc) is 3.46. The largest absolute Gasteiger partial charge is 0.368 e. The molecule has 6 amide bonds. The Morgan fingerprint density at radius 2 is 1.73 bits per heavy atom. The van der Waals surface area contributed by atoms with Gasteiger partial charge in [0.25, 0.3) is 0 Å². The highest BCUT2D eigenvalue weighted by molar-refractivity contribution is 8.76. The van der Waals surface area contributed by atoms with Crippen LogP contribution in [0.1, 0.15) is 44.9 Å². The maximum absolute atomic E-state index is 12.4. The lowest BCUT2D eigenvalue weighted by molar-refractivity contribution is -0.127. The van der Waals surface area contributed by atoms with E-state index in [0.717, 1.165) is 18.6 Å². The number of hydrogen-bond acceptors (Lipinski definition) is 10. The van der Waals surface area contributed by atoms with Crippen LogP contribution in [0, 0.1) is 0 Å². The second-order valence-corrected chi connectivity index (χ2v) is 13.3. The maximum Gasteiger partial charge on any atom is 0.315 e. The molecule has 0 aliphatic carbocycles. The first-order chi connectivity index (χ1) is 19.1. The zero-order valence-electron chi connectivity index (χ0n) is 22.1. The molecule has 2 aliphatic heterocycles. The van der Waals surface area contributed by atoms with Crippen LogP contribution >= 0.6 is 33.3 Å². The third kappa shape index (κ3) is 11.9. The summed E-state index contributed by atoms with van der Waals surface area (Å²) in [5.41, 5.74) is 25.0. The molecule has 0 spiro atoms. The molecule has 10 N–H and O–H groups in total. The van der Waals surface area contributed by atoms with Gasteiger partial charge >= 0.3 is 6.03 Å². The van der Waals surface area contributed by atoms with Crippen molar-refractivity contribution in [1.82, 2.24) is 21.3 Å². The van der Waals surface area contributed by atoms with E-state index in [4.69, 9.17) is 22.7 Å². The SMILES string of the molecule is [N-]=[N+]=NCCCCC(N)C(=O)NC(CSSCC(NC(=O)CCCC[C@@H]1SC[C@@H]2NC(=O)N[C@@H]21)C(N)=O)C(N)=O. The van der Waals surface area contributed by atoms with Gasteiger partial charge in [-0.15, -0.1) is 0 Å². The highest BCUT2D eigenvalue weighted by Gasteiger charge is 2.42. The number of amides is 6. The van der Waals surface area contributed by atoms with Crippen molar-refractivity contribution >= 4 is 63.0 Å². The molecule has 2 saturated heterocycles. The van der Waals surface area contributed by atoms with E-state index in [1.807, 2.05) is 11.8 Å². The Balaban J connectivity index is 1.64. The average molecular weight is 619 g/mol. The van der Waals surface area contributed by atoms with Crippen molar-refractivity contribution in [2.45, 2.75) is 80.4 Å². The van der Waals surface area contributed by atoms with Gasteiger partial charge in [-0.05, 0) is 31.2 Å². The number of hydrogen-bond donors (Lipinski definition) is 7. The molecule has 0 aromatic heterocycles. The Kier molecular flexibility index (Phi) is 15.2. The minimum Gasteiger partial charge on any atom is -0.368 e. The second kappa shape index (κ2) is 18.0. The fourth-order valence-electron chi connectivity index (χ4n) is 4.16. The maximum atomic E-state index is 12.4.